The van der Waals surface area contributed by atoms with Crippen LogP contribution in [0.25, 0.3) is 11.0 Å². The number of H-pyrrole nitrogens is 1. The first-order valence-electron chi connectivity index (χ1n) is 7.45. The Kier molecular flexibility index (Phi) is 4.29. The van der Waals surface area contributed by atoms with E-state index in [0.717, 1.165) is 0 Å². The number of para-hydroxylation sites is 1. The molecule has 1 unspecified atom stereocenters. The molecule has 0 amide bonds. The Hall–Kier alpha value is -1.67. The number of imidazole rings is 1. The van der Waals surface area contributed by atoms with Gasteiger partial charge < -0.3 is 10.1 Å². The molecule has 1 fully saturated rings. The molecule has 3 rings (SSSR count). The molecule has 126 valence electrons. The summed E-state index contributed by atoms with van der Waals surface area (Å²) in [5, 5.41) is 9.31. The van der Waals surface area contributed by atoms with Gasteiger partial charge in [0.15, 0.2) is 11.9 Å². The number of hydrogen-bond acceptors (Lipinski definition) is 3. The van der Waals surface area contributed by atoms with Gasteiger partial charge in [0.2, 0.25) is 0 Å². The number of aliphatic hydroxyl groups is 1. The first-order valence-corrected chi connectivity index (χ1v) is 7.45. The molecule has 1 aliphatic rings. The van der Waals surface area contributed by atoms with Gasteiger partial charge in [-0.2, -0.15) is 13.2 Å². The van der Waals surface area contributed by atoms with Gasteiger partial charge in [-0.15, -0.1) is 0 Å². The number of aliphatic hydroxyl groups excluding tert-OH is 1. The smallest absolute Gasteiger partial charge is 0.383 e. The van der Waals surface area contributed by atoms with Crippen molar-refractivity contribution in [2.75, 3.05) is 13.1 Å². The molecule has 0 bridgehead atoms. The Labute approximate surface area is 130 Å². The summed E-state index contributed by atoms with van der Waals surface area (Å²) >= 11 is 0. The average Bonchev–Trinajstić information content (AvgIpc) is 2.90. The number of nitrogens with zero attached hydrogens (tertiary/aromatic N) is 2. The number of nitrogens with one attached hydrogen (secondary N) is 1. The van der Waals surface area contributed by atoms with Crippen molar-refractivity contribution in [2.24, 2.45) is 5.92 Å². The Morgan fingerprint density at radius 3 is 2.61 bits per heavy atom. The fourth-order valence-corrected chi connectivity index (χ4v) is 3.03. The lowest BCUT2D eigenvalue weighted by Crippen LogP contribution is -2.43. The molecule has 4 nitrogen and oxygen atoms in total. The summed E-state index contributed by atoms with van der Waals surface area (Å²) in [5.41, 5.74) is 0.868. The molecule has 0 saturated carbocycles. The zero-order valence-electron chi connectivity index (χ0n) is 12.3. The molecule has 1 aliphatic heterocycles. The van der Waals surface area contributed by atoms with Gasteiger partial charge in [0.05, 0.1) is 12.1 Å². The fourth-order valence-electron chi connectivity index (χ4n) is 3.03. The minimum absolute atomic E-state index is 0.268. The zero-order chi connectivity index (χ0) is 16.6. The van der Waals surface area contributed by atoms with E-state index >= 15 is 0 Å². The van der Waals surface area contributed by atoms with Gasteiger partial charge in [0.1, 0.15) is 11.3 Å². The highest BCUT2D eigenvalue weighted by Gasteiger charge is 2.44. The number of aromatic nitrogens is 2. The fraction of sp³-hybridized carbons (Fsp3) is 0.533. The predicted octanol–water partition coefficient (Wildman–Crippen LogP) is 2.84. The van der Waals surface area contributed by atoms with Gasteiger partial charge in [-0.3, -0.25) is 4.90 Å². The first-order chi connectivity index (χ1) is 10.8. The summed E-state index contributed by atoms with van der Waals surface area (Å²) in [6, 6.07) is 4.64. The van der Waals surface area contributed by atoms with Crippen molar-refractivity contribution in [1.29, 1.82) is 0 Å². The SMILES string of the molecule is OC(C1CCN(Cc2nc3c(F)cccc3[nH]2)CC1)C(F)(F)F. The maximum absolute atomic E-state index is 13.6. The van der Waals surface area contributed by atoms with Crippen LogP contribution in [0.1, 0.15) is 18.7 Å². The van der Waals surface area contributed by atoms with E-state index in [2.05, 4.69) is 9.97 Å². The number of halogens is 4. The minimum atomic E-state index is -4.57. The standard InChI is InChI=1S/C15H17F4N3O/c16-10-2-1-3-11-13(10)21-12(20-11)8-22-6-4-9(5-7-22)14(23)15(17,18)19/h1-3,9,14,23H,4-8H2,(H,20,21). The number of aromatic amines is 1. The molecule has 0 aliphatic carbocycles. The van der Waals surface area contributed by atoms with Crippen LogP contribution in [0, 0.1) is 11.7 Å². The molecular formula is C15H17F4N3O. The van der Waals surface area contributed by atoms with E-state index in [9.17, 15) is 22.7 Å². The van der Waals surface area contributed by atoms with E-state index in [0.29, 0.717) is 31.0 Å². The lowest BCUT2D eigenvalue weighted by atomic mass is 9.91. The van der Waals surface area contributed by atoms with Crippen LogP contribution in [0.3, 0.4) is 0 Å². The normalized spacial score (nSPS) is 19.3. The van der Waals surface area contributed by atoms with Crippen LogP contribution in [0.5, 0.6) is 0 Å². The maximum atomic E-state index is 13.6. The quantitative estimate of drug-likeness (QED) is 0.851. The third-order valence-electron chi connectivity index (χ3n) is 4.30. The first kappa shape index (κ1) is 16.2. The van der Waals surface area contributed by atoms with E-state index in [-0.39, 0.29) is 18.4 Å². The maximum Gasteiger partial charge on any atom is 0.414 e. The van der Waals surface area contributed by atoms with Crippen LogP contribution >= 0.6 is 0 Å². The molecule has 0 spiro atoms. The summed E-state index contributed by atoms with van der Waals surface area (Å²) < 4.78 is 51.2. The van der Waals surface area contributed by atoms with Gasteiger partial charge in [0.25, 0.3) is 0 Å². The zero-order valence-corrected chi connectivity index (χ0v) is 12.3. The highest BCUT2D eigenvalue weighted by Crippen LogP contribution is 2.31. The second kappa shape index (κ2) is 6.09. The second-order valence-corrected chi connectivity index (χ2v) is 5.92. The molecule has 23 heavy (non-hydrogen) atoms. The summed E-state index contributed by atoms with van der Waals surface area (Å²) in [4.78, 5) is 9.17. The number of alkyl halides is 3. The predicted molar refractivity (Wildman–Crippen MR) is 76.1 cm³/mol. The molecule has 8 heteroatoms. The largest absolute Gasteiger partial charge is 0.414 e. The molecule has 1 atom stereocenters. The van der Waals surface area contributed by atoms with Crippen LogP contribution in [-0.4, -0.2) is 45.3 Å². The third kappa shape index (κ3) is 3.48. The number of likely N-dealkylation sites (tertiary alicyclic amines) is 1. The topological polar surface area (TPSA) is 52.1 Å². The third-order valence-corrected chi connectivity index (χ3v) is 4.30. The molecule has 2 N–H and O–H groups in total. The summed E-state index contributed by atoms with van der Waals surface area (Å²) in [6.45, 7) is 1.30. The number of rotatable bonds is 3. The van der Waals surface area contributed by atoms with Crippen molar-refractivity contribution in [3.8, 4) is 0 Å². The molecule has 2 aromatic rings. The molecule has 1 aromatic heterocycles. The second-order valence-electron chi connectivity index (χ2n) is 5.92. The van der Waals surface area contributed by atoms with Crippen molar-refractivity contribution >= 4 is 11.0 Å². The molecule has 0 radical (unpaired) electrons. The van der Waals surface area contributed by atoms with Crippen LogP contribution in [0.15, 0.2) is 18.2 Å². The number of piperidine rings is 1. The van der Waals surface area contributed by atoms with Crippen LogP contribution in [0.2, 0.25) is 0 Å². The van der Waals surface area contributed by atoms with E-state index in [1.807, 2.05) is 4.90 Å². The van der Waals surface area contributed by atoms with Crippen molar-refractivity contribution in [1.82, 2.24) is 14.9 Å². The van der Waals surface area contributed by atoms with Gasteiger partial charge in [0, 0.05) is 0 Å². The van der Waals surface area contributed by atoms with Crippen molar-refractivity contribution in [3.63, 3.8) is 0 Å². The summed E-state index contributed by atoms with van der Waals surface area (Å²) in [5.74, 6) is -0.587. The number of hydrogen-bond donors (Lipinski definition) is 2. The molecular weight excluding hydrogens is 314 g/mol. The number of benzene rings is 1. The molecule has 1 aromatic carbocycles. The van der Waals surface area contributed by atoms with Crippen molar-refractivity contribution in [2.45, 2.75) is 31.7 Å². The van der Waals surface area contributed by atoms with E-state index in [1.54, 1.807) is 12.1 Å². The van der Waals surface area contributed by atoms with Crippen molar-refractivity contribution in [3.05, 3.63) is 29.8 Å². The van der Waals surface area contributed by atoms with E-state index in [4.69, 9.17) is 0 Å². The monoisotopic (exact) mass is 331 g/mol. The minimum Gasteiger partial charge on any atom is -0.383 e. The Morgan fingerprint density at radius 1 is 1.30 bits per heavy atom. The molecule has 2 heterocycles. The summed E-state index contributed by atoms with van der Waals surface area (Å²) in [6.07, 6.45) is -6.28. The number of fused-ring (bicyclic) bond motifs is 1. The molecule has 1 saturated heterocycles. The highest BCUT2D eigenvalue weighted by atomic mass is 19.4. The summed E-state index contributed by atoms with van der Waals surface area (Å²) in [7, 11) is 0. The average molecular weight is 331 g/mol. The van der Waals surface area contributed by atoms with Crippen LogP contribution in [0.4, 0.5) is 17.6 Å². The van der Waals surface area contributed by atoms with Gasteiger partial charge in [-0.05, 0) is 44.0 Å². The van der Waals surface area contributed by atoms with Crippen molar-refractivity contribution < 1.29 is 22.7 Å². The Morgan fingerprint density at radius 2 is 2.00 bits per heavy atom. The van der Waals surface area contributed by atoms with Gasteiger partial charge in [-0.25, -0.2) is 9.37 Å². The Bertz CT molecular complexity index is 677. The highest BCUT2D eigenvalue weighted by molar-refractivity contribution is 5.75. The van der Waals surface area contributed by atoms with Gasteiger partial charge in [-0.1, -0.05) is 6.07 Å². The van der Waals surface area contributed by atoms with Gasteiger partial charge >= 0.3 is 6.18 Å². The lowest BCUT2D eigenvalue weighted by molar-refractivity contribution is -0.223. The van der Waals surface area contributed by atoms with Crippen LogP contribution < -0.4 is 0 Å². The van der Waals surface area contributed by atoms with E-state index < -0.39 is 24.0 Å². The van der Waals surface area contributed by atoms with Crippen LogP contribution in [-0.2, 0) is 6.54 Å². The Balaban J connectivity index is 1.61. The van der Waals surface area contributed by atoms with E-state index in [1.165, 1.54) is 6.07 Å². The lowest BCUT2D eigenvalue weighted by Gasteiger charge is -2.34.